The minimum Gasteiger partial charge on any atom is -0.862 e. The molecule has 0 unspecified atom stereocenters. The Morgan fingerprint density at radius 1 is 1.42 bits per heavy atom. The van der Waals surface area contributed by atoms with Crippen LogP contribution >= 0.6 is 0 Å². The van der Waals surface area contributed by atoms with Crippen molar-refractivity contribution < 1.29 is 5.11 Å². The summed E-state index contributed by atoms with van der Waals surface area (Å²) in [5.74, 6) is -0.637. The van der Waals surface area contributed by atoms with Crippen LogP contribution in [0.5, 0.6) is 0 Å². The van der Waals surface area contributed by atoms with Gasteiger partial charge in [0.25, 0.3) is 0 Å². The average molecular weight is 163 g/mol. The van der Waals surface area contributed by atoms with E-state index in [1.165, 1.54) is 12.1 Å². The zero-order valence-electron chi connectivity index (χ0n) is 6.28. The first-order valence-corrected chi connectivity index (χ1v) is 3.39. The number of hydrogen-bond donors (Lipinski definition) is 1. The molecule has 0 radical (unpaired) electrons. The molecular weight excluding hydrogens is 156 g/mol. The Labute approximate surface area is 69.3 Å². The fourth-order valence-electron chi connectivity index (χ4n) is 0.860. The highest BCUT2D eigenvalue weighted by molar-refractivity contribution is 5.71. The van der Waals surface area contributed by atoms with Crippen LogP contribution in [-0.2, 0) is 6.42 Å². The molecule has 0 atom stereocenters. The highest BCUT2D eigenvalue weighted by atomic mass is 16.3. The third kappa shape index (κ3) is 2.16. The number of nitroso groups, excluding NO2 is 1. The predicted octanol–water partition coefficient (Wildman–Crippen LogP) is 0.965. The number of rotatable bonds is 3. The van der Waals surface area contributed by atoms with Gasteiger partial charge in [0, 0.05) is 0 Å². The molecule has 1 N–H and O–H groups in total. The van der Waals surface area contributed by atoms with Crippen molar-refractivity contribution in [1.82, 2.24) is 0 Å². The molecule has 4 nitrogen and oxygen atoms in total. The van der Waals surface area contributed by atoms with E-state index in [2.05, 4.69) is 5.18 Å². The summed E-state index contributed by atoms with van der Waals surface area (Å²) < 4.78 is 0. The summed E-state index contributed by atoms with van der Waals surface area (Å²) in [5.41, 5.74) is 1.05. The van der Waals surface area contributed by atoms with Crippen LogP contribution in [0.1, 0.15) is 5.56 Å². The minimum absolute atomic E-state index is 0.0825. The molecule has 0 aromatic heterocycles. The lowest BCUT2D eigenvalue weighted by molar-refractivity contribution is -0.219. The minimum atomic E-state index is -0.637. The van der Waals surface area contributed by atoms with E-state index in [1.807, 2.05) is 0 Å². The molecule has 0 spiro atoms. The van der Waals surface area contributed by atoms with Crippen LogP contribution in [0.4, 0.5) is 5.69 Å². The van der Waals surface area contributed by atoms with E-state index in [9.17, 15) is 10.0 Å². The monoisotopic (exact) mass is 163 g/mol. The Morgan fingerprint density at radius 2 is 2.00 bits per heavy atom. The molecule has 0 amide bonds. The van der Waals surface area contributed by atoms with Gasteiger partial charge in [0.15, 0.2) is 0 Å². The van der Waals surface area contributed by atoms with Gasteiger partial charge in [-0.25, -0.2) is 0 Å². The van der Waals surface area contributed by atoms with Crippen molar-refractivity contribution in [3.05, 3.63) is 34.7 Å². The summed E-state index contributed by atoms with van der Waals surface area (Å²) in [6.45, 7) is 0. The van der Waals surface area contributed by atoms with Gasteiger partial charge in [-0.15, -0.1) is 4.91 Å². The molecule has 0 heterocycles. The molecule has 0 aliphatic carbocycles. The third-order valence-corrected chi connectivity index (χ3v) is 1.41. The Bertz CT molecular complexity index is 292. The maximum absolute atomic E-state index is 10.3. The van der Waals surface area contributed by atoms with Gasteiger partial charge in [-0.1, -0.05) is 12.1 Å². The van der Waals surface area contributed by atoms with Gasteiger partial charge in [-0.3, -0.25) is 0 Å². The first-order valence-electron chi connectivity index (χ1n) is 3.39. The molecule has 12 heavy (non-hydrogen) atoms. The molecule has 0 saturated carbocycles. The zero-order valence-corrected chi connectivity index (χ0v) is 6.28. The number of benzene rings is 1. The lowest BCUT2D eigenvalue weighted by atomic mass is 10.1. The molecule has 0 bridgehead atoms. The first-order chi connectivity index (χ1) is 5.72. The average Bonchev–Trinajstić information content (AvgIpc) is 2.05. The van der Waals surface area contributed by atoms with Crippen LogP contribution in [0.25, 0.3) is 0 Å². The van der Waals surface area contributed by atoms with Gasteiger partial charge in [0.05, 0.1) is 0 Å². The number of hydrogen-bond acceptors (Lipinski definition) is 4. The summed E-state index contributed by atoms with van der Waals surface area (Å²) in [7, 11) is 0. The number of nitrogens with zero attached hydrogens (tertiary/aromatic N) is 1. The Balaban J connectivity index is 2.77. The van der Waals surface area contributed by atoms with Crippen LogP contribution < -0.4 is 5.11 Å². The van der Waals surface area contributed by atoms with Crippen molar-refractivity contribution in [2.24, 2.45) is 5.18 Å². The first kappa shape index (κ1) is 8.39. The second-order valence-corrected chi connectivity index (χ2v) is 2.36. The van der Waals surface area contributed by atoms with E-state index in [0.29, 0.717) is 5.69 Å². The van der Waals surface area contributed by atoms with Crippen molar-refractivity contribution in [2.45, 2.75) is 6.42 Å². The Hall–Kier alpha value is -1.71. The van der Waals surface area contributed by atoms with E-state index in [-0.39, 0.29) is 6.42 Å². The van der Waals surface area contributed by atoms with Crippen LogP contribution in [-0.4, -0.2) is 5.90 Å². The SMILES string of the molecule is N=C([O-])Cc1ccc(N=O)cc1. The summed E-state index contributed by atoms with van der Waals surface area (Å²) in [5, 5.41) is 19.7. The molecule has 62 valence electrons. The van der Waals surface area contributed by atoms with Crippen molar-refractivity contribution >= 4 is 11.6 Å². The van der Waals surface area contributed by atoms with Gasteiger partial charge in [-0.2, -0.15) is 0 Å². The van der Waals surface area contributed by atoms with E-state index >= 15 is 0 Å². The maximum atomic E-state index is 10.3. The predicted molar refractivity (Wildman–Crippen MR) is 43.3 cm³/mol. The summed E-state index contributed by atoms with van der Waals surface area (Å²) in [6, 6.07) is 6.27. The van der Waals surface area contributed by atoms with Crippen LogP contribution in [0.3, 0.4) is 0 Å². The standard InChI is InChI=1S/C8H8N2O2/c9-8(11)5-6-1-3-7(10-12)4-2-6/h1-4H,5H2,(H2,9,11)/p-1. The van der Waals surface area contributed by atoms with Gasteiger partial charge < -0.3 is 10.5 Å². The quantitative estimate of drug-likeness (QED) is 0.409. The van der Waals surface area contributed by atoms with Crippen molar-refractivity contribution in [2.75, 3.05) is 0 Å². The van der Waals surface area contributed by atoms with Crippen LogP contribution in [0.2, 0.25) is 0 Å². The zero-order chi connectivity index (χ0) is 8.97. The van der Waals surface area contributed by atoms with E-state index in [1.54, 1.807) is 12.1 Å². The molecular formula is C8H7N2O2-. The molecule has 0 saturated heterocycles. The normalized spacial score (nSPS) is 9.33. The van der Waals surface area contributed by atoms with Gasteiger partial charge >= 0.3 is 0 Å². The molecule has 0 fully saturated rings. The van der Waals surface area contributed by atoms with Gasteiger partial charge in [0.2, 0.25) is 0 Å². The second-order valence-electron chi connectivity index (χ2n) is 2.36. The third-order valence-electron chi connectivity index (χ3n) is 1.41. The van der Waals surface area contributed by atoms with Crippen molar-refractivity contribution in [3.63, 3.8) is 0 Å². The van der Waals surface area contributed by atoms with E-state index < -0.39 is 5.90 Å². The molecule has 1 rings (SSSR count). The van der Waals surface area contributed by atoms with E-state index in [4.69, 9.17) is 5.41 Å². The number of nitrogens with one attached hydrogen (secondary N) is 1. The highest BCUT2D eigenvalue weighted by Crippen LogP contribution is 2.12. The maximum Gasteiger partial charge on any atom is 0.108 e. The molecule has 1 aromatic rings. The van der Waals surface area contributed by atoms with E-state index in [0.717, 1.165) is 5.56 Å². The van der Waals surface area contributed by atoms with Gasteiger partial charge in [0.1, 0.15) is 5.69 Å². The Kier molecular flexibility index (Phi) is 2.53. The fraction of sp³-hybridized carbons (Fsp3) is 0.125. The molecule has 0 aliphatic rings. The second kappa shape index (κ2) is 3.61. The smallest absolute Gasteiger partial charge is 0.108 e. The molecule has 1 aromatic carbocycles. The molecule has 4 heteroatoms. The lowest BCUT2D eigenvalue weighted by Gasteiger charge is -2.05. The fourth-order valence-corrected chi connectivity index (χ4v) is 0.860. The summed E-state index contributed by atoms with van der Waals surface area (Å²) in [4.78, 5) is 9.99. The Morgan fingerprint density at radius 3 is 2.42 bits per heavy atom. The summed E-state index contributed by atoms with van der Waals surface area (Å²) >= 11 is 0. The van der Waals surface area contributed by atoms with Crippen molar-refractivity contribution in [1.29, 1.82) is 5.41 Å². The van der Waals surface area contributed by atoms with Gasteiger partial charge in [-0.05, 0) is 35.2 Å². The topological polar surface area (TPSA) is 76.3 Å². The van der Waals surface area contributed by atoms with Crippen LogP contribution in [0, 0.1) is 10.3 Å². The van der Waals surface area contributed by atoms with Crippen LogP contribution in [0.15, 0.2) is 29.4 Å². The van der Waals surface area contributed by atoms with Crippen molar-refractivity contribution in [3.8, 4) is 0 Å². The lowest BCUT2D eigenvalue weighted by Crippen LogP contribution is -2.17. The largest absolute Gasteiger partial charge is 0.862 e. The summed E-state index contributed by atoms with van der Waals surface area (Å²) in [6.07, 6.45) is 0.0825. The highest BCUT2D eigenvalue weighted by Gasteiger charge is 1.92. The molecule has 0 aliphatic heterocycles.